The summed E-state index contributed by atoms with van der Waals surface area (Å²) in [4.78, 5) is 14.7. The highest BCUT2D eigenvalue weighted by atomic mass is 16.5. The first-order valence-corrected chi connectivity index (χ1v) is 9.02. The predicted octanol–water partition coefficient (Wildman–Crippen LogP) is 3.07. The van der Waals surface area contributed by atoms with Crippen molar-refractivity contribution >= 4 is 5.91 Å². The lowest BCUT2D eigenvalue weighted by molar-refractivity contribution is 0.0779. The Hall–Kier alpha value is -2.33. The number of carbonyl (C=O) groups is 1. The van der Waals surface area contributed by atoms with Crippen LogP contribution in [0.5, 0.6) is 5.75 Å². The van der Waals surface area contributed by atoms with Crippen LogP contribution >= 0.6 is 0 Å². The highest BCUT2D eigenvalue weighted by molar-refractivity contribution is 5.94. The van der Waals surface area contributed by atoms with Gasteiger partial charge in [-0.1, -0.05) is 30.3 Å². The van der Waals surface area contributed by atoms with Gasteiger partial charge in [0, 0.05) is 24.7 Å². The van der Waals surface area contributed by atoms with Crippen molar-refractivity contribution in [1.29, 1.82) is 0 Å². The highest BCUT2D eigenvalue weighted by Crippen LogP contribution is 2.37. The van der Waals surface area contributed by atoms with Crippen molar-refractivity contribution in [3.63, 3.8) is 0 Å². The molecule has 25 heavy (non-hydrogen) atoms. The standard InChI is InChI=1S/C21H24N2O2/c22-20-11-10-17-12-23(13-19(17)20)21(24)16-8-6-15(7-9-16)14-25-18-4-2-1-3-5-18/h1-9,17,19-20H,10-14,22H2. The number of likely N-dealkylation sites (tertiary alicyclic amines) is 1. The van der Waals surface area contributed by atoms with E-state index in [2.05, 4.69) is 0 Å². The van der Waals surface area contributed by atoms with Gasteiger partial charge in [0.1, 0.15) is 12.4 Å². The van der Waals surface area contributed by atoms with Crippen LogP contribution in [0.25, 0.3) is 0 Å². The summed E-state index contributed by atoms with van der Waals surface area (Å²) in [7, 11) is 0. The van der Waals surface area contributed by atoms with Crippen molar-refractivity contribution in [3.8, 4) is 5.75 Å². The molecule has 2 aliphatic rings. The third-order valence-corrected chi connectivity index (χ3v) is 5.55. The molecule has 1 amide bonds. The van der Waals surface area contributed by atoms with E-state index in [0.717, 1.165) is 42.8 Å². The maximum Gasteiger partial charge on any atom is 0.253 e. The molecule has 4 heteroatoms. The van der Waals surface area contributed by atoms with Crippen LogP contribution in [0.2, 0.25) is 0 Å². The van der Waals surface area contributed by atoms with Gasteiger partial charge < -0.3 is 15.4 Å². The molecule has 1 aliphatic carbocycles. The largest absolute Gasteiger partial charge is 0.489 e. The van der Waals surface area contributed by atoms with Gasteiger partial charge in [0.25, 0.3) is 5.91 Å². The molecule has 0 bridgehead atoms. The van der Waals surface area contributed by atoms with Crippen LogP contribution in [0.4, 0.5) is 0 Å². The maximum absolute atomic E-state index is 12.7. The van der Waals surface area contributed by atoms with Crippen LogP contribution in [0.1, 0.15) is 28.8 Å². The number of nitrogens with two attached hydrogens (primary N) is 1. The lowest BCUT2D eigenvalue weighted by Crippen LogP contribution is -2.33. The van der Waals surface area contributed by atoms with Gasteiger partial charge in [0.2, 0.25) is 0 Å². The Bertz CT molecular complexity index is 729. The second kappa shape index (κ2) is 6.89. The number of hydrogen-bond acceptors (Lipinski definition) is 3. The van der Waals surface area contributed by atoms with Crippen LogP contribution in [-0.4, -0.2) is 29.9 Å². The second-order valence-corrected chi connectivity index (χ2v) is 7.17. The van der Waals surface area contributed by atoms with Gasteiger partial charge in [-0.05, 0) is 54.5 Å². The number of fused-ring (bicyclic) bond motifs is 1. The Morgan fingerprint density at radius 1 is 1.04 bits per heavy atom. The summed E-state index contributed by atoms with van der Waals surface area (Å²) in [6.45, 7) is 2.17. The van der Waals surface area contributed by atoms with E-state index in [0.29, 0.717) is 18.4 Å². The fraction of sp³-hybridized carbons (Fsp3) is 0.381. The fourth-order valence-electron chi connectivity index (χ4n) is 4.08. The number of amides is 1. The molecule has 130 valence electrons. The Balaban J connectivity index is 1.36. The van der Waals surface area contributed by atoms with E-state index >= 15 is 0 Å². The molecule has 0 aromatic heterocycles. The first kappa shape index (κ1) is 16.2. The van der Waals surface area contributed by atoms with Gasteiger partial charge >= 0.3 is 0 Å². The summed E-state index contributed by atoms with van der Waals surface area (Å²) >= 11 is 0. The molecule has 4 rings (SSSR count). The van der Waals surface area contributed by atoms with Gasteiger partial charge in [0.05, 0.1) is 0 Å². The molecule has 1 saturated carbocycles. The van der Waals surface area contributed by atoms with Crippen LogP contribution in [-0.2, 0) is 6.61 Å². The van der Waals surface area contributed by atoms with Crippen LogP contribution in [0.3, 0.4) is 0 Å². The van der Waals surface area contributed by atoms with Gasteiger partial charge in [-0.15, -0.1) is 0 Å². The zero-order chi connectivity index (χ0) is 17.2. The van der Waals surface area contributed by atoms with E-state index in [9.17, 15) is 4.79 Å². The smallest absolute Gasteiger partial charge is 0.253 e. The highest BCUT2D eigenvalue weighted by Gasteiger charge is 2.42. The molecule has 0 spiro atoms. The number of hydrogen-bond donors (Lipinski definition) is 1. The number of benzene rings is 2. The SMILES string of the molecule is NC1CCC2CN(C(=O)c3ccc(COc4ccccc4)cc3)CC12. The van der Waals surface area contributed by atoms with Crippen LogP contribution in [0, 0.1) is 11.8 Å². The van der Waals surface area contributed by atoms with Gasteiger partial charge in [0.15, 0.2) is 0 Å². The minimum absolute atomic E-state index is 0.122. The molecule has 3 atom stereocenters. The lowest BCUT2D eigenvalue weighted by Gasteiger charge is -2.19. The monoisotopic (exact) mass is 336 g/mol. The van der Waals surface area contributed by atoms with Crippen molar-refractivity contribution in [2.75, 3.05) is 13.1 Å². The lowest BCUT2D eigenvalue weighted by atomic mass is 9.98. The number of rotatable bonds is 4. The molecule has 1 heterocycles. The average molecular weight is 336 g/mol. The van der Waals surface area contributed by atoms with Crippen LogP contribution < -0.4 is 10.5 Å². The molecular weight excluding hydrogens is 312 g/mol. The Morgan fingerprint density at radius 2 is 1.80 bits per heavy atom. The summed E-state index contributed by atoms with van der Waals surface area (Å²) < 4.78 is 5.75. The zero-order valence-electron chi connectivity index (χ0n) is 14.3. The molecule has 2 fully saturated rings. The summed E-state index contributed by atoms with van der Waals surface area (Å²) in [5.41, 5.74) is 7.97. The number of carbonyl (C=O) groups excluding carboxylic acids is 1. The van der Waals surface area contributed by atoms with Crippen molar-refractivity contribution in [2.45, 2.75) is 25.5 Å². The summed E-state index contributed by atoms with van der Waals surface area (Å²) in [5, 5.41) is 0. The number of ether oxygens (including phenoxy) is 1. The predicted molar refractivity (Wildman–Crippen MR) is 97.3 cm³/mol. The molecule has 2 aromatic carbocycles. The van der Waals surface area contributed by atoms with E-state index in [1.54, 1.807) is 0 Å². The van der Waals surface area contributed by atoms with E-state index < -0.39 is 0 Å². The second-order valence-electron chi connectivity index (χ2n) is 7.17. The first-order chi connectivity index (χ1) is 12.2. The Morgan fingerprint density at radius 3 is 2.52 bits per heavy atom. The van der Waals surface area contributed by atoms with Gasteiger partial charge in [-0.2, -0.15) is 0 Å². The van der Waals surface area contributed by atoms with Gasteiger partial charge in [-0.3, -0.25) is 4.79 Å². The van der Waals surface area contributed by atoms with Gasteiger partial charge in [-0.25, -0.2) is 0 Å². The topological polar surface area (TPSA) is 55.6 Å². The maximum atomic E-state index is 12.7. The summed E-state index contributed by atoms with van der Waals surface area (Å²) in [6, 6.07) is 17.8. The minimum Gasteiger partial charge on any atom is -0.489 e. The first-order valence-electron chi connectivity index (χ1n) is 9.02. The number of para-hydroxylation sites is 1. The Kier molecular flexibility index (Phi) is 4.45. The van der Waals surface area contributed by atoms with Crippen molar-refractivity contribution < 1.29 is 9.53 Å². The number of nitrogens with zero attached hydrogens (tertiary/aromatic N) is 1. The molecule has 2 aromatic rings. The quantitative estimate of drug-likeness (QED) is 0.933. The fourth-order valence-corrected chi connectivity index (χ4v) is 4.08. The van der Waals surface area contributed by atoms with E-state index in [-0.39, 0.29) is 11.9 Å². The molecular formula is C21H24N2O2. The Labute approximate surface area is 148 Å². The normalized spacial score (nSPS) is 25.0. The van der Waals surface area contributed by atoms with Crippen molar-refractivity contribution in [1.82, 2.24) is 4.90 Å². The van der Waals surface area contributed by atoms with Crippen LogP contribution in [0.15, 0.2) is 54.6 Å². The third kappa shape index (κ3) is 3.40. The molecule has 3 unspecified atom stereocenters. The van der Waals surface area contributed by atoms with E-state index in [4.69, 9.17) is 10.5 Å². The van der Waals surface area contributed by atoms with Crippen molar-refractivity contribution in [3.05, 3.63) is 65.7 Å². The summed E-state index contributed by atoms with van der Waals surface area (Å²) in [6.07, 6.45) is 2.26. The average Bonchev–Trinajstić information content (AvgIpc) is 3.23. The third-order valence-electron chi connectivity index (χ3n) is 5.55. The molecule has 4 nitrogen and oxygen atoms in total. The minimum atomic E-state index is 0.122. The zero-order valence-corrected chi connectivity index (χ0v) is 14.3. The summed E-state index contributed by atoms with van der Waals surface area (Å²) in [5.74, 6) is 2.06. The molecule has 1 aliphatic heterocycles. The van der Waals surface area contributed by atoms with E-state index in [1.165, 1.54) is 0 Å². The molecule has 0 radical (unpaired) electrons. The van der Waals surface area contributed by atoms with E-state index in [1.807, 2.05) is 59.5 Å². The molecule has 1 saturated heterocycles. The van der Waals surface area contributed by atoms with Crippen molar-refractivity contribution in [2.24, 2.45) is 17.6 Å². The molecule has 2 N–H and O–H groups in total.